The van der Waals surface area contributed by atoms with E-state index in [0.29, 0.717) is 10.8 Å². The number of nitrogens with one attached hydrogen (secondary N) is 2. The highest BCUT2D eigenvalue weighted by Crippen LogP contribution is 2.30. The van der Waals surface area contributed by atoms with E-state index < -0.39 is 0 Å². The molecule has 2 N–H and O–H groups in total. The van der Waals surface area contributed by atoms with E-state index in [1.807, 2.05) is 38.2 Å². The van der Waals surface area contributed by atoms with Gasteiger partial charge in [0.25, 0.3) is 0 Å². The van der Waals surface area contributed by atoms with E-state index in [9.17, 15) is 4.79 Å². The van der Waals surface area contributed by atoms with Crippen molar-refractivity contribution >= 4 is 38.4 Å². The lowest BCUT2D eigenvalue weighted by atomic mass is 10.00. The first kappa shape index (κ1) is 21.2. The molecule has 3 aromatic heterocycles. The van der Waals surface area contributed by atoms with Gasteiger partial charge in [0.2, 0.25) is 0 Å². The van der Waals surface area contributed by atoms with Gasteiger partial charge in [-0.25, -0.2) is 4.98 Å². The van der Waals surface area contributed by atoms with Crippen LogP contribution in [0.4, 0.5) is 5.82 Å². The Labute approximate surface area is 182 Å². The van der Waals surface area contributed by atoms with Gasteiger partial charge >= 0.3 is 0 Å². The number of aromatic nitrogens is 3. The Hall–Kier alpha value is -2.99. The van der Waals surface area contributed by atoms with Gasteiger partial charge in [0.1, 0.15) is 5.82 Å². The van der Waals surface area contributed by atoms with E-state index in [4.69, 9.17) is 0 Å². The highest BCUT2D eigenvalue weighted by molar-refractivity contribution is 6.07. The molecule has 0 unspecified atom stereocenters. The van der Waals surface area contributed by atoms with Crippen LogP contribution in [-0.4, -0.2) is 46.0 Å². The lowest BCUT2D eigenvalue weighted by Crippen LogP contribution is -2.25. The number of nitrogens with zero attached hydrogens (tertiary/aromatic N) is 3. The molecule has 0 atom stereocenters. The molecule has 0 aliphatic heterocycles. The van der Waals surface area contributed by atoms with Crippen LogP contribution in [0, 0.1) is 20.8 Å². The maximum atomic E-state index is 13.4. The van der Waals surface area contributed by atoms with Crippen LogP contribution in [0.15, 0.2) is 29.2 Å². The average molecular weight is 418 g/mol. The summed E-state index contributed by atoms with van der Waals surface area (Å²) in [6, 6.07) is 5.95. The van der Waals surface area contributed by atoms with Crippen molar-refractivity contribution in [3.8, 4) is 0 Å². The van der Waals surface area contributed by atoms with Gasteiger partial charge < -0.3 is 15.2 Å². The Morgan fingerprint density at radius 1 is 1.06 bits per heavy atom. The van der Waals surface area contributed by atoms with Gasteiger partial charge in [0.15, 0.2) is 5.43 Å². The number of fused-ring (bicyclic) bond motifs is 3. The van der Waals surface area contributed by atoms with Crippen LogP contribution in [0.1, 0.15) is 37.2 Å². The molecule has 31 heavy (non-hydrogen) atoms. The maximum absolute atomic E-state index is 13.4. The molecule has 0 spiro atoms. The highest BCUT2D eigenvalue weighted by atomic mass is 16.1. The summed E-state index contributed by atoms with van der Waals surface area (Å²) in [7, 11) is 0. The molecular weight excluding hydrogens is 386 g/mol. The summed E-state index contributed by atoms with van der Waals surface area (Å²) in [6.45, 7) is 14.3. The summed E-state index contributed by atoms with van der Waals surface area (Å²) in [5, 5.41) is 6.93. The number of aromatic amines is 1. The van der Waals surface area contributed by atoms with Crippen molar-refractivity contribution in [2.24, 2.45) is 0 Å². The summed E-state index contributed by atoms with van der Waals surface area (Å²) in [6.07, 6.45) is 2.88. The van der Waals surface area contributed by atoms with E-state index in [-0.39, 0.29) is 5.43 Å². The van der Waals surface area contributed by atoms with Gasteiger partial charge in [0, 0.05) is 29.2 Å². The minimum atomic E-state index is 0.0232. The topological polar surface area (TPSA) is 73.9 Å². The zero-order valence-corrected chi connectivity index (χ0v) is 19.1. The summed E-state index contributed by atoms with van der Waals surface area (Å²) >= 11 is 0. The van der Waals surface area contributed by atoms with Crippen LogP contribution in [0.25, 0.3) is 32.6 Å². The molecule has 0 aliphatic rings. The third kappa shape index (κ3) is 3.88. The molecule has 0 radical (unpaired) electrons. The first-order valence-corrected chi connectivity index (χ1v) is 11.1. The SMILES string of the molecule is CCN(CC)CCCNc1nccc2c(C)c3[nH]c4cc(C)nc(C)c4c(=O)c3cc12. The maximum Gasteiger partial charge on any atom is 0.199 e. The van der Waals surface area contributed by atoms with Gasteiger partial charge in [-0.1, -0.05) is 13.8 Å². The van der Waals surface area contributed by atoms with Crippen LogP contribution in [0.3, 0.4) is 0 Å². The summed E-state index contributed by atoms with van der Waals surface area (Å²) in [5.74, 6) is 0.834. The van der Waals surface area contributed by atoms with Gasteiger partial charge in [-0.05, 0) is 76.0 Å². The Balaban J connectivity index is 1.80. The van der Waals surface area contributed by atoms with E-state index in [1.54, 1.807) is 0 Å². The van der Waals surface area contributed by atoms with Crippen molar-refractivity contribution in [3.63, 3.8) is 0 Å². The molecule has 0 amide bonds. The minimum absolute atomic E-state index is 0.0232. The summed E-state index contributed by atoms with van der Waals surface area (Å²) in [4.78, 5) is 28.4. The predicted molar refractivity (Wildman–Crippen MR) is 130 cm³/mol. The number of benzene rings is 1. The van der Waals surface area contributed by atoms with Crippen LogP contribution < -0.4 is 10.7 Å². The lowest BCUT2D eigenvalue weighted by molar-refractivity contribution is 0.303. The molecule has 0 aliphatic carbocycles. The molecule has 1 aromatic carbocycles. The average Bonchev–Trinajstić information content (AvgIpc) is 2.74. The zero-order valence-electron chi connectivity index (χ0n) is 19.1. The molecule has 6 heteroatoms. The van der Waals surface area contributed by atoms with Gasteiger partial charge in [-0.3, -0.25) is 9.78 Å². The van der Waals surface area contributed by atoms with Crippen LogP contribution in [-0.2, 0) is 0 Å². The number of hydrogen-bond acceptors (Lipinski definition) is 5. The Bertz CT molecular complexity index is 1320. The largest absolute Gasteiger partial charge is 0.370 e. The molecule has 162 valence electrons. The number of H-pyrrole nitrogens is 1. The molecule has 0 fully saturated rings. The molecular formula is C25H31N5O. The molecule has 0 saturated heterocycles. The normalized spacial score (nSPS) is 11.8. The first-order valence-electron chi connectivity index (χ1n) is 11.1. The number of pyridine rings is 3. The Morgan fingerprint density at radius 2 is 1.84 bits per heavy atom. The molecule has 3 heterocycles. The second-order valence-electron chi connectivity index (χ2n) is 8.21. The van der Waals surface area contributed by atoms with Crippen molar-refractivity contribution in [2.75, 3.05) is 31.5 Å². The number of anilines is 1. The van der Waals surface area contributed by atoms with Crippen LogP contribution in [0.5, 0.6) is 0 Å². The first-order chi connectivity index (χ1) is 14.9. The number of rotatable bonds is 7. The van der Waals surface area contributed by atoms with Crippen molar-refractivity contribution < 1.29 is 0 Å². The monoisotopic (exact) mass is 417 g/mol. The fourth-order valence-corrected chi connectivity index (χ4v) is 4.51. The Morgan fingerprint density at radius 3 is 2.58 bits per heavy atom. The lowest BCUT2D eigenvalue weighted by Gasteiger charge is -2.18. The second-order valence-corrected chi connectivity index (χ2v) is 8.21. The predicted octanol–water partition coefficient (Wildman–Crippen LogP) is 4.69. The quantitative estimate of drug-likeness (QED) is 0.337. The minimum Gasteiger partial charge on any atom is -0.370 e. The zero-order chi connectivity index (χ0) is 22.1. The molecule has 0 saturated carbocycles. The standard InChI is InChI=1S/C25H31N5O/c1-6-30(7-2)12-8-10-26-25-19-14-20-23(16(4)18(19)9-11-27-25)29-21-13-15(3)28-17(5)22(21)24(20)31/h9,11,13-14H,6-8,10,12H2,1-5H3,(H,26,27)(H,29,31). The molecule has 6 nitrogen and oxygen atoms in total. The van der Waals surface area contributed by atoms with Gasteiger partial charge in [-0.15, -0.1) is 0 Å². The van der Waals surface area contributed by atoms with Crippen molar-refractivity contribution in [2.45, 2.75) is 41.0 Å². The van der Waals surface area contributed by atoms with Crippen molar-refractivity contribution in [1.82, 2.24) is 19.9 Å². The van der Waals surface area contributed by atoms with Gasteiger partial charge in [0.05, 0.1) is 22.1 Å². The molecule has 4 rings (SSSR count). The third-order valence-corrected chi connectivity index (χ3v) is 6.22. The van der Waals surface area contributed by atoms with E-state index >= 15 is 0 Å². The fourth-order valence-electron chi connectivity index (χ4n) is 4.51. The van der Waals surface area contributed by atoms with Crippen LogP contribution in [0.2, 0.25) is 0 Å². The van der Waals surface area contributed by atoms with Crippen molar-refractivity contribution in [1.29, 1.82) is 0 Å². The fraction of sp³-hybridized carbons (Fsp3) is 0.400. The second kappa shape index (κ2) is 8.63. The smallest absolute Gasteiger partial charge is 0.199 e. The van der Waals surface area contributed by atoms with Gasteiger partial charge in [-0.2, -0.15) is 0 Å². The van der Waals surface area contributed by atoms with E-state index in [0.717, 1.165) is 77.2 Å². The van der Waals surface area contributed by atoms with Crippen LogP contribution >= 0.6 is 0 Å². The highest BCUT2D eigenvalue weighted by Gasteiger charge is 2.15. The van der Waals surface area contributed by atoms with Crippen molar-refractivity contribution in [3.05, 3.63) is 51.6 Å². The molecule has 0 bridgehead atoms. The Kier molecular flexibility index (Phi) is 5.92. The van der Waals surface area contributed by atoms with E-state index in [2.05, 4.69) is 45.9 Å². The summed E-state index contributed by atoms with van der Waals surface area (Å²) < 4.78 is 0. The summed E-state index contributed by atoms with van der Waals surface area (Å²) in [5.41, 5.74) is 4.47. The van der Waals surface area contributed by atoms with E-state index in [1.165, 1.54) is 0 Å². The number of hydrogen-bond donors (Lipinski definition) is 2. The third-order valence-electron chi connectivity index (χ3n) is 6.22. The molecule has 4 aromatic rings. The number of aryl methyl sites for hydroxylation is 3.